The number of carbonyl (C=O) groups excluding carboxylic acids is 1. The second-order valence-corrected chi connectivity index (χ2v) is 9.77. The summed E-state index contributed by atoms with van der Waals surface area (Å²) in [6.45, 7) is 5.17. The summed E-state index contributed by atoms with van der Waals surface area (Å²) in [4.78, 5) is 12.6. The van der Waals surface area contributed by atoms with Crippen LogP contribution < -0.4 is 5.32 Å². The fraction of sp³-hybridized carbons (Fsp3) is 0.435. The first-order valence-corrected chi connectivity index (χ1v) is 11.8. The lowest BCUT2D eigenvalue weighted by Gasteiger charge is -2.20. The Balaban J connectivity index is 1.59. The van der Waals surface area contributed by atoms with E-state index in [1.807, 2.05) is 44.2 Å². The molecule has 0 atom stereocenters. The van der Waals surface area contributed by atoms with Gasteiger partial charge in [0, 0.05) is 25.2 Å². The highest BCUT2D eigenvalue weighted by Crippen LogP contribution is 2.21. The van der Waals surface area contributed by atoms with Crippen molar-refractivity contribution in [1.29, 1.82) is 0 Å². The van der Waals surface area contributed by atoms with Gasteiger partial charge in [-0.2, -0.15) is 4.31 Å². The summed E-state index contributed by atoms with van der Waals surface area (Å²) in [6, 6.07) is 12.9. The largest absolute Gasteiger partial charge is 0.326 e. The van der Waals surface area contributed by atoms with Gasteiger partial charge >= 0.3 is 0 Å². The lowest BCUT2D eigenvalue weighted by molar-refractivity contribution is -0.116. The van der Waals surface area contributed by atoms with Crippen molar-refractivity contribution >= 4 is 21.6 Å². The number of anilines is 1. The van der Waals surface area contributed by atoms with Crippen LogP contribution in [0.3, 0.4) is 0 Å². The Bertz CT molecular complexity index is 945. The van der Waals surface area contributed by atoms with Gasteiger partial charge in [-0.1, -0.05) is 37.1 Å². The molecule has 0 radical (unpaired) electrons. The number of carbonyl (C=O) groups is 1. The molecule has 0 saturated carbocycles. The van der Waals surface area contributed by atoms with Gasteiger partial charge in [-0.15, -0.1) is 0 Å². The molecule has 2 aromatic rings. The Kier molecular flexibility index (Phi) is 7.09. The third-order valence-electron chi connectivity index (χ3n) is 5.43. The Hall–Kier alpha value is -2.18. The normalized spacial score (nSPS) is 15.7. The lowest BCUT2D eigenvalue weighted by atomic mass is 10.1. The number of nitrogens with one attached hydrogen (secondary N) is 1. The quantitative estimate of drug-likeness (QED) is 0.760. The third kappa shape index (κ3) is 5.67. The predicted molar refractivity (Wildman–Crippen MR) is 117 cm³/mol. The fourth-order valence-electron chi connectivity index (χ4n) is 3.60. The zero-order valence-corrected chi connectivity index (χ0v) is 18.1. The average Bonchev–Trinajstić information content (AvgIpc) is 3.00. The summed E-state index contributed by atoms with van der Waals surface area (Å²) in [7, 11) is -3.43. The zero-order valence-electron chi connectivity index (χ0n) is 17.3. The minimum atomic E-state index is -3.43. The predicted octanol–water partition coefficient (Wildman–Crippen LogP) is 4.44. The molecule has 1 heterocycles. The van der Waals surface area contributed by atoms with Gasteiger partial charge in [-0.05, 0) is 68.0 Å². The summed E-state index contributed by atoms with van der Waals surface area (Å²) in [6.07, 6.45) is 4.95. The topological polar surface area (TPSA) is 66.5 Å². The number of rotatable bonds is 6. The summed E-state index contributed by atoms with van der Waals surface area (Å²) >= 11 is 0. The molecular formula is C23H30N2O3S. The van der Waals surface area contributed by atoms with Gasteiger partial charge in [-0.3, -0.25) is 4.79 Å². The first kappa shape index (κ1) is 21.5. The Morgan fingerprint density at radius 2 is 1.62 bits per heavy atom. The zero-order chi connectivity index (χ0) is 20.9. The van der Waals surface area contributed by atoms with Crippen LogP contribution in [0.2, 0.25) is 0 Å². The standard InChI is InChI=1S/C23H30N2O3S/c1-18-7-8-19(2)22(17-18)24-23(26)14-11-20-9-12-21(13-10-20)29(27,28)25-15-5-3-4-6-16-25/h7-10,12-13,17H,3-6,11,14-16H2,1-2H3,(H,24,26). The van der Waals surface area contributed by atoms with Gasteiger partial charge in [0.2, 0.25) is 15.9 Å². The number of hydrogen-bond donors (Lipinski definition) is 1. The van der Waals surface area contributed by atoms with Crippen molar-refractivity contribution in [2.45, 2.75) is 57.3 Å². The maximum Gasteiger partial charge on any atom is 0.243 e. The maximum atomic E-state index is 12.8. The van der Waals surface area contributed by atoms with E-state index < -0.39 is 10.0 Å². The number of amides is 1. The van der Waals surface area contributed by atoms with E-state index >= 15 is 0 Å². The molecular weight excluding hydrogens is 384 g/mol. The van der Waals surface area contributed by atoms with Crippen molar-refractivity contribution in [1.82, 2.24) is 4.31 Å². The number of aryl methyl sites for hydroxylation is 3. The Morgan fingerprint density at radius 3 is 2.28 bits per heavy atom. The minimum Gasteiger partial charge on any atom is -0.326 e. The minimum absolute atomic E-state index is 0.0417. The van der Waals surface area contributed by atoms with E-state index in [2.05, 4.69) is 5.32 Å². The molecule has 0 aliphatic carbocycles. The van der Waals surface area contributed by atoms with Crippen LogP contribution in [-0.4, -0.2) is 31.7 Å². The van der Waals surface area contributed by atoms with Gasteiger partial charge in [-0.25, -0.2) is 8.42 Å². The number of sulfonamides is 1. The molecule has 2 aromatic carbocycles. The molecule has 1 saturated heterocycles. The van der Waals surface area contributed by atoms with E-state index in [9.17, 15) is 13.2 Å². The monoisotopic (exact) mass is 414 g/mol. The van der Waals surface area contributed by atoms with Gasteiger partial charge < -0.3 is 5.32 Å². The molecule has 1 N–H and O–H groups in total. The molecule has 29 heavy (non-hydrogen) atoms. The van der Waals surface area contributed by atoms with Gasteiger partial charge in [0.25, 0.3) is 0 Å². The summed E-state index contributed by atoms with van der Waals surface area (Å²) in [5.41, 5.74) is 3.93. The molecule has 6 heteroatoms. The first-order chi connectivity index (χ1) is 13.9. The molecule has 1 fully saturated rings. The molecule has 3 rings (SSSR count). The van der Waals surface area contributed by atoms with Crippen LogP contribution in [0.25, 0.3) is 0 Å². The molecule has 1 aliphatic rings. The summed E-state index contributed by atoms with van der Waals surface area (Å²) in [5.74, 6) is -0.0417. The van der Waals surface area contributed by atoms with Crippen LogP contribution in [0.15, 0.2) is 47.4 Å². The molecule has 1 amide bonds. The summed E-state index contributed by atoms with van der Waals surface area (Å²) < 4.78 is 27.3. The van der Waals surface area contributed by atoms with Crippen molar-refractivity contribution in [3.8, 4) is 0 Å². The molecule has 156 valence electrons. The number of benzene rings is 2. The van der Waals surface area contributed by atoms with Crippen LogP contribution in [-0.2, 0) is 21.2 Å². The smallest absolute Gasteiger partial charge is 0.243 e. The van der Waals surface area contributed by atoms with E-state index in [0.29, 0.717) is 30.8 Å². The molecule has 1 aliphatic heterocycles. The van der Waals surface area contributed by atoms with Crippen molar-refractivity contribution in [3.05, 3.63) is 59.2 Å². The van der Waals surface area contributed by atoms with Gasteiger partial charge in [0.15, 0.2) is 0 Å². The molecule has 5 nitrogen and oxygen atoms in total. The third-order valence-corrected chi connectivity index (χ3v) is 7.35. The van der Waals surface area contributed by atoms with Crippen LogP contribution in [0.4, 0.5) is 5.69 Å². The highest BCUT2D eigenvalue weighted by molar-refractivity contribution is 7.89. The molecule has 0 bridgehead atoms. The van der Waals surface area contributed by atoms with E-state index in [-0.39, 0.29) is 5.91 Å². The van der Waals surface area contributed by atoms with Gasteiger partial charge in [0.05, 0.1) is 4.90 Å². The van der Waals surface area contributed by atoms with Crippen molar-refractivity contribution in [3.63, 3.8) is 0 Å². The van der Waals surface area contributed by atoms with E-state index in [1.54, 1.807) is 16.4 Å². The van der Waals surface area contributed by atoms with Crippen LogP contribution in [0.1, 0.15) is 48.8 Å². The van der Waals surface area contributed by atoms with Crippen LogP contribution in [0.5, 0.6) is 0 Å². The Morgan fingerprint density at radius 1 is 0.966 bits per heavy atom. The van der Waals surface area contributed by atoms with Gasteiger partial charge in [0.1, 0.15) is 0 Å². The second kappa shape index (κ2) is 9.55. The second-order valence-electron chi connectivity index (χ2n) is 7.83. The SMILES string of the molecule is Cc1ccc(C)c(NC(=O)CCc2ccc(S(=O)(=O)N3CCCCCC3)cc2)c1. The molecule has 0 unspecified atom stereocenters. The first-order valence-electron chi connectivity index (χ1n) is 10.3. The lowest BCUT2D eigenvalue weighted by Crippen LogP contribution is -2.31. The van der Waals surface area contributed by atoms with E-state index in [0.717, 1.165) is 48.1 Å². The fourth-order valence-corrected chi connectivity index (χ4v) is 5.12. The Labute approximate surface area is 174 Å². The van der Waals surface area contributed by atoms with Crippen LogP contribution >= 0.6 is 0 Å². The van der Waals surface area contributed by atoms with Crippen molar-refractivity contribution in [2.24, 2.45) is 0 Å². The molecule has 0 spiro atoms. The highest BCUT2D eigenvalue weighted by atomic mass is 32.2. The molecule has 0 aromatic heterocycles. The van der Waals surface area contributed by atoms with Crippen molar-refractivity contribution < 1.29 is 13.2 Å². The number of hydrogen-bond acceptors (Lipinski definition) is 3. The van der Waals surface area contributed by atoms with E-state index in [1.165, 1.54) is 0 Å². The summed E-state index contributed by atoms with van der Waals surface area (Å²) in [5, 5.41) is 2.96. The number of nitrogens with zero attached hydrogens (tertiary/aromatic N) is 1. The average molecular weight is 415 g/mol. The van der Waals surface area contributed by atoms with E-state index in [4.69, 9.17) is 0 Å². The van der Waals surface area contributed by atoms with Crippen LogP contribution in [0, 0.1) is 13.8 Å². The highest BCUT2D eigenvalue weighted by Gasteiger charge is 2.24. The van der Waals surface area contributed by atoms with Crippen molar-refractivity contribution in [2.75, 3.05) is 18.4 Å². The maximum absolute atomic E-state index is 12.8.